The first-order chi connectivity index (χ1) is 9.26. The lowest BCUT2D eigenvalue weighted by molar-refractivity contribution is 0.129. The van der Waals surface area contributed by atoms with Crippen molar-refractivity contribution in [3.05, 3.63) is 48.9 Å². The summed E-state index contributed by atoms with van der Waals surface area (Å²) in [6.07, 6.45) is 8.72. The molecule has 1 radical (unpaired) electrons. The highest BCUT2D eigenvalue weighted by Crippen LogP contribution is 2.14. The number of unbranched alkanes of at least 4 members (excludes halogenated alkanes) is 3. The fourth-order valence-electron chi connectivity index (χ4n) is 1.84. The Morgan fingerprint density at radius 3 is 2.63 bits per heavy atom. The Morgan fingerprint density at radius 2 is 2.00 bits per heavy atom. The van der Waals surface area contributed by atoms with Gasteiger partial charge in [0.15, 0.2) is 0 Å². The molecule has 0 heterocycles. The van der Waals surface area contributed by atoms with Crippen LogP contribution in [-0.2, 0) is 6.42 Å². The quantitative estimate of drug-likeness (QED) is 0.510. The first-order valence-corrected chi connectivity index (χ1v) is 7.10. The molecule has 2 heteroatoms. The van der Waals surface area contributed by atoms with E-state index in [1.807, 2.05) is 36.8 Å². The van der Waals surface area contributed by atoms with E-state index in [9.17, 15) is 5.11 Å². The van der Waals surface area contributed by atoms with Crippen LogP contribution in [0.4, 0.5) is 0 Å². The Hall–Kier alpha value is -1.28. The van der Waals surface area contributed by atoms with Gasteiger partial charge in [-0.15, -0.1) is 6.58 Å². The van der Waals surface area contributed by atoms with Crippen molar-refractivity contribution < 1.29 is 9.84 Å². The van der Waals surface area contributed by atoms with Crippen LogP contribution in [0.1, 0.15) is 38.2 Å². The second-order valence-corrected chi connectivity index (χ2v) is 4.75. The number of hydrogen-bond donors (Lipinski definition) is 1. The van der Waals surface area contributed by atoms with Crippen molar-refractivity contribution in [2.75, 3.05) is 6.61 Å². The maximum Gasteiger partial charge on any atom is 0.119 e. The van der Waals surface area contributed by atoms with Crippen LogP contribution in [0, 0.1) is 6.42 Å². The average Bonchev–Trinajstić information content (AvgIpc) is 2.43. The predicted molar refractivity (Wildman–Crippen MR) is 80.3 cm³/mol. The van der Waals surface area contributed by atoms with Gasteiger partial charge in [0.25, 0.3) is 0 Å². The van der Waals surface area contributed by atoms with Crippen LogP contribution < -0.4 is 4.74 Å². The van der Waals surface area contributed by atoms with E-state index in [4.69, 9.17) is 4.74 Å². The Labute approximate surface area is 117 Å². The molecule has 0 saturated heterocycles. The molecule has 1 aromatic rings. The lowest BCUT2D eigenvalue weighted by Gasteiger charge is -2.12. The van der Waals surface area contributed by atoms with Gasteiger partial charge in [0.05, 0.1) is 6.10 Å². The maximum atomic E-state index is 9.75. The molecule has 0 aliphatic rings. The van der Waals surface area contributed by atoms with Crippen molar-refractivity contribution in [2.45, 2.75) is 45.1 Å². The SMILES string of the molecule is C=CCc1ccc(OCC(O)[CH]CCCCC)cc1. The van der Waals surface area contributed by atoms with Crippen LogP contribution in [0.15, 0.2) is 36.9 Å². The monoisotopic (exact) mass is 261 g/mol. The molecule has 0 aliphatic carbocycles. The fourth-order valence-corrected chi connectivity index (χ4v) is 1.84. The second-order valence-electron chi connectivity index (χ2n) is 4.75. The largest absolute Gasteiger partial charge is 0.491 e. The fraction of sp³-hybridized carbons (Fsp3) is 0.471. The molecular formula is C17H25O2. The summed E-state index contributed by atoms with van der Waals surface area (Å²) in [5.41, 5.74) is 1.22. The lowest BCUT2D eigenvalue weighted by atomic mass is 10.1. The molecule has 0 fully saturated rings. The van der Waals surface area contributed by atoms with Gasteiger partial charge in [-0.2, -0.15) is 0 Å². The highest BCUT2D eigenvalue weighted by molar-refractivity contribution is 5.28. The number of rotatable bonds is 10. The van der Waals surface area contributed by atoms with Crippen LogP contribution in [-0.4, -0.2) is 17.8 Å². The molecule has 0 aliphatic heterocycles. The minimum atomic E-state index is -0.482. The number of benzene rings is 1. The van der Waals surface area contributed by atoms with Crippen LogP contribution in [0.5, 0.6) is 5.75 Å². The summed E-state index contributed by atoms with van der Waals surface area (Å²) in [5, 5.41) is 9.75. The van der Waals surface area contributed by atoms with E-state index >= 15 is 0 Å². The molecule has 19 heavy (non-hydrogen) atoms. The van der Waals surface area contributed by atoms with Crippen molar-refractivity contribution in [1.82, 2.24) is 0 Å². The zero-order chi connectivity index (χ0) is 13.9. The summed E-state index contributed by atoms with van der Waals surface area (Å²) in [5.74, 6) is 0.800. The molecule has 105 valence electrons. The smallest absolute Gasteiger partial charge is 0.119 e. The molecule has 0 bridgehead atoms. The number of ether oxygens (including phenoxy) is 1. The Kier molecular flexibility index (Phi) is 7.99. The summed E-state index contributed by atoms with van der Waals surface area (Å²) >= 11 is 0. The van der Waals surface area contributed by atoms with Gasteiger partial charge in [0, 0.05) is 0 Å². The van der Waals surface area contributed by atoms with E-state index in [0.29, 0.717) is 6.61 Å². The predicted octanol–water partition coefficient (Wildman–Crippen LogP) is 3.94. The van der Waals surface area contributed by atoms with E-state index in [-0.39, 0.29) is 0 Å². The molecule has 1 N–H and O–H groups in total. The van der Waals surface area contributed by atoms with E-state index in [2.05, 4.69) is 13.5 Å². The van der Waals surface area contributed by atoms with Crippen molar-refractivity contribution in [2.24, 2.45) is 0 Å². The molecule has 0 aromatic heterocycles. The van der Waals surface area contributed by atoms with E-state index in [1.165, 1.54) is 18.4 Å². The van der Waals surface area contributed by atoms with E-state index < -0.39 is 6.10 Å². The Balaban J connectivity index is 2.21. The summed E-state index contributed by atoms with van der Waals surface area (Å²) in [6, 6.07) is 7.91. The minimum Gasteiger partial charge on any atom is -0.491 e. The van der Waals surface area contributed by atoms with Gasteiger partial charge in [-0.3, -0.25) is 0 Å². The van der Waals surface area contributed by atoms with Crippen LogP contribution >= 0.6 is 0 Å². The highest BCUT2D eigenvalue weighted by atomic mass is 16.5. The van der Waals surface area contributed by atoms with E-state index in [1.54, 1.807) is 0 Å². The van der Waals surface area contributed by atoms with Gasteiger partial charge in [0.1, 0.15) is 12.4 Å². The first kappa shape index (κ1) is 15.8. The normalized spacial score (nSPS) is 12.1. The molecule has 0 saturated carbocycles. The van der Waals surface area contributed by atoms with Gasteiger partial charge < -0.3 is 9.84 Å². The number of aliphatic hydroxyl groups is 1. The van der Waals surface area contributed by atoms with E-state index in [0.717, 1.165) is 25.0 Å². The van der Waals surface area contributed by atoms with Crippen LogP contribution in [0.3, 0.4) is 0 Å². The number of aliphatic hydroxyl groups excluding tert-OH is 1. The Bertz CT molecular complexity index is 343. The standard InChI is InChI=1S/C17H25O2/c1-3-5-6-7-9-16(18)14-19-17-12-10-15(8-4-2)11-13-17/h4,9-13,16,18H,2-3,5-8,14H2,1H3. The Morgan fingerprint density at radius 1 is 1.26 bits per heavy atom. The van der Waals surface area contributed by atoms with Crippen molar-refractivity contribution in [3.8, 4) is 5.75 Å². The van der Waals surface area contributed by atoms with Gasteiger partial charge in [0.2, 0.25) is 0 Å². The van der Waals surface area contributed by atoms with Gasteiger partial charge in [-0.25, -0.2) is 0 Å². The van der Waals surface area contributed by atoms with Crippen molar-refractivity contribution >= 4 is 0 Å². The number of hydrogen-bond acceptors (Lipinski definition) is 2. The van der Waals surface area contributed by atoms with Gasteiger partial charge in [-0.1, -0.05) is 44.4 Å². The molecular weight excluding hydrogens is 236 g/mol. The third-order valence-electron chi connectivity index (χ3n) is 2.97. The molecule has 0 spiro atoms. The molecule has 1 rings (SSSR count). The highest BCUT2D eigenvalue weighted by Gasteiger charge is 2.05. The first-order valence-electron chi connectivity index (χ1n) is 7.10. The third kappa shape index (κ3) is 7.02. The maximum absolute atomic E-state index is 9.75. The lowest BCUT2D eigenvalue weighted by Crippen LogP contribution is -2.17. The molecule has 1 unspecified atom stereocenters. The molecule has 1 aromatic carbocycles. The zero-order valence-corrected chi connectivity index (χ0v) is 11.8. The summed E-state index contributed by atoms with van der Waals surface area (Å²) in [6.45, 7) is 6.21. The topological polar surface area (TPSA) is 29.5 Å². The minimum absolute atomic E-state index is 0.326. The number of allylic oxidation sites excluding steroid dienone is 1. The zero-order valence-electron chi connectivity index (χ0n) is 11.8. The summed E-state index contributed by atoms with van der Waals surface area (Å²) < 4.78 is 5.55. The average molecular weight is 261 g/mol. The second kappa shape index (κ2) is 9.62. The van der Waals surface area contributed by atoms with Crippen LogP contribution in [0.2, 0.25) is 0 Å². The van der Waals surface area contributed by atoms with Gasteiger partial charge >= 0.3 is 0 Å². The molecule has 0 amide bonds. The third-order valence-corrected chi connectivity index (χ3v) is 2.97. The van der Waals surface area contributed by atoms with Gasteiger partial charge in [-0.05, 0) is 37.0 Å². The van der Waals surface area contributed by atoms with Crippen molar-refractivity contribution in [1.29, 1.82) is 0 Å². The van der Waals surface area contributed by atoms with Crippen LogP contribution in [0.25, 0.3) is 0 Å². The molecule has 1 atom stereocenters. The summed E-state index contributed by atoms with van der Waals surface area (Å²) in [7, 11) is 0. The molecule has 2 nitrogen and oxygen atoms in total. The summed E-state index contributed by atoms with van der Waals surface area (Å²) in [4.78, 5) is 0. The van der Waals surface area contributed by atoms with Crippen molar-refractivity contribution in [3.63, 3.8) is 0 Å².